The highest BCUT2D eigenvalue weighted by molar-refractivity contribution is 7.97. The molecule has 0 spiro atoms. The van der Waals surface area contributed by atoms with Gasteiger partial charge in [-0.2, -0.15) is 13.2 Å². The fourth-order valence-corrected chi connectivity index (χ4v) is 2.70. The van der Waals surface area contributed by atoms with Gasteiger partial charge < -0.3 is 9.64 Å². The quantitative estimate of drug-likeness (QED) is 0.796. The fourth-order valence-electron chi connectivity index (χ4n) is 2.06. The Morgan fingerprint density at radius 2 is 1.74 bits per heavy atom. The Morgan fingerprint density at radius 3 is 2.32 bits per heavy atom. The van der Waals surface area contributed by atoms with Crippen molar-refractivity contribution in [2.75, 3.05) is 38.2 Å². The molecule has 1 heterocycles. The van der Waals surface area contributed by atoms with E-state index in [1.807, 2.05) is 29.2 Å². The van der Waals surface area contributed by atoms with E-state index in [0.717, 1.165) is 11.4 Å². The zero-order valence-electron chi connectivity index (χ0n) is 10.5. The molecule has 0 aromatic heterocycles. The molecular weight excluding hydrogens is 277 g/mol. The lowest BCUT2D eigenvalue weighted by Gasteiger charge is -2.35. The van der Waals surface area contributed by atoms with Gasteiger partial charge in [0.05, 0.1) is 12.8 Å². The van der Waals surface area contributed by atoms with Crippen molar-refractivity contribution in [1.29, 1.82) is 0 Å². The van der Waals surface area contributed by atoms with Crippen LogP contribution in [0.15, 0.2) is 24.3 Å². The molecule has 0 aliphatic carbocycles. The molecule has 0 radical (unpaired) electrons. The van der Waals surface area contributed by atoms with Crippen molar-refractivity contribution in [2.45, 2.75) is 5.51 Å². The zero-order chi connectivity index (χ0) is 13.9. The maximum Gasteiger partial charge on any atom is 0.456 e. The third kappa shape index (κ3) is 3.94. The normalized spacial score (nSPS) is 17.6. The predicted molar refractivity (Wildman–Crippen MR) is 70.4 cm³/mol. The molecule has 3 nitrogen and oxygen atoms in total. The number of halogens is 3. The molecular formula is C12H15F3N2OS. The molecule has 0 amide bonds. The second-order valence-electron chi connectivity index (χ2n) is 4.12. The Balaban J connectivity index is 1.96. The lowest BCUT2D eigenvalue weighted by Crippen LogP contribution is -2.44. The molecule has 1 aliphatic rings. The van der Waals surface area contributed by atoms with Crippen LogP contribution in [0, 0.1) is 0 Å². The second-order valence-corrected chi connectivity index (χ2v) is 5.29. The zero-order valence-corrected chi connectivity index (χ0v) is 11.3. The Labute approximate surface area is 114 Å². The highest BCUT2D eigenvalue weighted by Gasteiger charge is 2.34. The SMILES string of the molecule is COc1ccccc1N1CCN(SC(F)(F)F)CC1. The number of benzene rings is 1. The molecule has 1 aromatic carbocycles. The Hall–Kier alpha value is -1.08. The lowest BCUT2D eigenvalue weighted by molar-refractivity contribution is -0.0363. The van der Waals surface area contributed by atoms with Gasteiger partial charge in [0.25, 0.3) is 0 Å². The number of ether oxygens (including phenoxy) is 1. The minimum absolute atomic E-state index is 0.0397. The number of alkyl halides is 3. The molecule has 0 atom stereocenters. The second kappa shape index (κ2) is 5.92. The largest absolute Gasteiger partial charge is 0.495 e. The van der Waals surface area contributed by atoms with Gasteiger partial charge in [0.1, 0.15) is 5.75 Å². The van der Waals surface area contributed by atoms with Crippen LogP contribution in [0.4, 0.5) is 18.9 Å². The summed E-state index contributed by atoms with van der Waals surface area (Å²) in [5.41, 5.74) is -3.27. The van der Waals surface area contributed by atoms with Crippen molar-refractivity contribution in [1.82, 2.24) is 4.31 Å². The number of anilines is 1. The van der Waals surface area contributed by atoms with Gasteiger partial charge in [0.2, 0.25) is 0 Å². The molecule has 19 heavy (non-hydrogen) atoms. The van der Waals surface area contributed by atoms with Crippen molar-refractivity contribution in [3.05, 3.63) is 24.3 Å². The summed E-state index contributed by atoms with van der Waals surface area (Å²) in [6.07, 6.45) is 0. The van der Waals surface area contributed by atoms with Crippen molar-refractivity contribution < 1.29 is 17.9 Å². The molecule has 1 aliphatic heterocycles. The van der Waals surface area contributed by atoms with Crippen molar-refractivity contribution >= 4 is 17.6 Å². The van der Waals surface area contributed by atoms with Crippen LogP contribution in [0.5, 0.6) is 5.75 Å². The monoisotopic (exact) mass is 292 g/mol. The molecule has 2 rings (SSSR count). The van der Waals surface area contributed by atoms with Crippen molar-refractivity contribution in [2.24, 2.45) is 0 Å². The van der Waals surface area contributed by atoms with Crippen LogP contribution in [-0.2, 0) is 0 Å². The summed E-state index contributed by atoms with van der Waals surface area (Å²) < 4.78 is 43.4. The van der Waals surface area contributed by atoms with Crippen molar-refractivity contribution in [3.63, 3.8) is 0 Å². The van der Waals surface area contributed by atoms with Crippen LogP contribution >= 0.6 is 11.9 Å². The van der Waals surface area contributed by atoms with E-state index in [0.29, 0.717) is 26.2 Å². The van der Waals surface area contributed by atoms with Crippen LogP contribution in [0.1, 0.15) is 0 Å². The summed E-state index contributed by atoms with van der Waals surface area (Å²) in [5, 5.41) is 0. The van der Waals surface area contributed by atoms with Gasteiger partial charge in [-0.05, 0) is 12.1 Å². The predicted octanol–water partition coefficient (Wildman–Crippen LogP) is 2.99. The first-order valence-corrected chi connectivity index (χ1v) is 6.66. The van der Waals surface area contributed by atoms with E-state index in [2.05, 4.69) is 0 Å². The summed E-state index contributed by atoms with van der Waals surface area (Å²) in [5.74, 6) is 0.749. The molecule has 1 saturated heterocycles. The van der Waals surface area contributed by atoms with E-state index in [1.165, 1.54) is 4.31 Å². The fraction of sp³-hybridized carbons (Fsp3) is 0.500. The maximum absolute atomic E-state index is 12.3. The van der Waals surface area contributed by atoms with Gasteiger partial charge in [-0.1, -0.05) is 12.1 Å². The Kier molecular flexibility index (Phi) is 4.46. The van der Waals surface area contributed by atoms with Gasteiger partial charge >= 0.3 is 5.51 Å². The summed E-state index contributed by atoms with van der Waals surface area (Å²) >= 11 is -0.0397. The van der Waals surface area contributed by atoms with Crippen LogP contribution in [0.2, 0.25) is 0 Å². The summed E-state index contributed by atoms with van der Waals surface area (Å²) in [6.45, 7) is 1.87. The first-order chi connectivity index (χ1) is 8.99. The molecule has 1 aromatic rings. The van der Waals surface area contributed by atoms with Gasteiger partial charge in [-0.15, -0.1) is 0 Å². The first kappa shape index (κ1) is 14.3. The topological polar surface area (TPSA) is 15.7 Å². The Morgan fingerprint density at radius 1 is 1.11 bits per heavy atom. The third-order valence-electron chi connectivity index (χ3n) is 2.90. The number of nitrogens with zero attached hydrogens (tertiary/aromatic N) is 2. The summed E-state index contributed by atoms with van der Waals surface area (Å²) in [7, 11) is 1.59. The average molecular weight is 292 g/mol. The van der Waals surface area contributed by atoms with Gasteiger partial charge in [0, 0.05) is 38.1 Å². The van der Waals surface area contributed by atoms with E-state index in [4.69, 9.17) is 4.74 Å². The van der Waals surface area contributed by atoms with Crippen LogP contribution in [0.3, 0.4) is 0 Å². The number of methoxy groups -OCH3 is 1. The molecule has 0 saturated carbocycles. The minimum atomic E-state index is -4.20. The van der Waals surface area contributed by atoms with Gasteiger partial charge in [-0.3, -0.25) is 0 Å². The molecule has 0 unspecified atom stereocenters. The van der Waals surface area contributed by atoms with Crippen molar-refractivity contribution in [3.8, 4) is 5.75 Å². The lowest BCUT2D eigenvalue weighted by atomic mass is 10.2. The van der Waals surface area contributed by atoms with E-state index in [1.54, 1.807) is 7.11 Å². The third-order valence-corrected chi connectivity index (χ3v) is 3.73. The van der Waals surface area contributed by atoms with E-state index >= 15 is 0 Å². The van der Waals surface area contributed by atoms with Crippen LogP contribution < -0.4 is 9.64 Å². The van der Waals surface area contributed by atoms with E-state index in [-0.39, 0.29) is 11.9 Å². The molecule has 0 bridgehead atoms. The number of hydrogen-bond donors (Lipinski definition) is 0. The molecule has 1 fully saturated rings. The smallest absolute Gasteiger partial charge is 0.456 e. The Bertz CT molecular complexity index is 420. The van der Waals surface area contributed by atoms with Gasteiger partial charge in [0.15, 0.2) is 0 Å². The molecule has 7 heteroatoms. The van der Waals surface area contributed by atoms with Gasteiger partial charge in [-0.25, -0.2) is 4.31 Å². The summed E-state index contributed by atoms with van der Waals surface area (Å²) in [4.78, 5) is 2.05. The molecule has 106 valence electrons. The first-order valence-electron chi connectivity index (χ1n) is 5.88. The maximum atomic E-state index is 12.3. The number of piperazine rings is 1. The number of hydrogen-bond acceptors (Lipinski definition) is 4. The minimum Gasteiger partial charge on any atom is -0.495 e. The van der Waals surface area contributed by atoms with E-state index in [9.17, 15) is 13.2 Å². The molecule has 0 N–H and O–H groups in total. The number of rotatable bonds is 3. The van der Waals surface area contributed by atoms with Crippen LogP contribution in [0.25, 0.3) is 0 Å². The van der Waals surface area contributed by atoms with E-state index < -0.39 is 5.51 Å². The standard InChI is InChI=1S/C12H15F3N2OS/c1-18-11-5-3-2-4-10(11)16-6-8-17(9-7-16)19-12(13,14)15/h2-5H,6-9H2,1H3. The number of para-hydroxylation sites is 2. The summed E-state index contributed by atoms with van der Waals surface area (Å²) in [6, 6.07) is 7.55. The van der Waals surface area contributed by atoms with Crippen LogP contribution in [-0.4, -0.2) is 43.1 Å². The average Bonchev–Trinajstić information content (AvgIpc) is 2.38. The highest BCUT2D eigenvalue weighted by Crippen LogP contribution is 2.35. The highest BCUT2D eigenvalue weighted by atomic mass is 32.2.